The molecule has 0 atom stereocenters. The van der Waals surface area contributed by atoms with Crippen molar-refractivity contribution in [1.82, 2.24) is 5.32 Å². The highest BCUT2D eigenvalue weighted by Gasteiger charge is 2.33. The van der Waals surface area contributed by atoms with Crippen LogP contribution in [-0.2, 0) is 12.6 Å². The van der Waals surface area contributed by atoms with Crippen LogP contribution in [0.2, 0.25) is 0 Å². The molecule has 0 aromatic heterocycles. The molecule has 0 saturated heterocycles. The number of rotatable bonds is 3. The van der Waals surface area contributed by atoms with Gasteiger partial charge in [0.25, 0.3) is 0 Å². The van der Waals surface area contributed by atoms with Crippen LogP contribution < -0.4 is 5.32 Å². The zero-order valence-electron chi connectivity index (χ0n) is 10.7. The smallest absolute Gasteiger partial charge is 0.312 e. The third kappa shape index (κ3) is 4.64. The van der Waals surface area contributed by atoms with Crippen LogP contribution in [0.25, 0.3) is 0 Å². The van der Waals surface area contributed by atoms with Gasteiger partial charge in [0.05, 0.1) is 5.56 Å². The maximum Gasteiger partial charge on any atom is 0.419 e. The lowest BCUT2D eigenvalue weighted by molar-refractivity contribution is -0.140. The third-order valence-corrected chi connectivity index (χ3v) is 2.41. The lowest BCUT2D eigenvalue weighted by atomic mass is 10.1. The van der Waals surface area contributed by atoms with Crippen molar-refractivity contribution in [3.63, 3.8) is 0 Å². The van der Waals surface area contributed by atoms with Crippen molar-refractivity contribution in [2.24, 2.45) is 0 Å². The third-order valence-electron chi connectivity index (χ3n) is 2.41. The van der Waals surface area contributed by atoms with E-state index in [1.54, 1.807) is 0 Å². The van der Waals surface area contributed by atoms with Crippen LogP contribution >= 0.6 is 0 Å². The first-order valence-electron chi connectivity index (χ1n) is 5.70. The average molecular weight is 263 g/mol. The average Bonchev–Trinajstić information content (AvgIpc) is 2.13. The number of benzene rings is 1. The van der Waals surface area contributed by atoms with Crippen molar-refractivity contribution in [2.45, 2.75) is 38.9 Å². The molecule has 0 aliphatic rings. The molecule has 1 nitrogen and oxygen atoms in total. The van der Waals surface area contributed by atoms with Gasteiger partial charge >= 0.3 is 6.18 Å². The lowest BCUT2D eigenvalue weighted by Crippen LogP contribution is -2.37. The molecule has 0 spiro atoms. The van der Waals surface area contributed by atoms with Gasteiger partial charge in [-0.3, -0.25) is 0 Å². The van der Waals surface area contributed by atoms with Crippen molar-refractivity contribution >= 4 is 0 Å². The molecule has 1 rings (SSSR count). The van der Waals surface area contributed by atoms with E-state index >= 15 is 0 Å². The molecule has 0 amide bonds. The Bertz CT molecular complexity index is 404. The van der Waals surface area contributed by atoms with Crippen LogP contribution in [-0.4, -0.2) is 12.1 Å². The van der Waals surface area contributed by atoms with Gasteiger partial charge in [-0.2, -0.15) is 13.2 Å². The van der Waals surface area contributed by atoms with Crippen molar-refractivity contribution in [3.8, 4) is 0 Å². The molecule has 0 saturated carbocycles. The number of halogens is 4. The summed E-state index contributed by atoms with van der Waals surface area (Å²) in [6.45, 7) is 6.55. The second kappa shape index (κ2) is 5.26. The summed E-state index contributed by atoms with van der Waals surface area (Å²) >= 11 is 0. The fourth-order valence-electron chi connectivity index (χ4n) is 1.53. The Hall–Kier alpha value is -1.10. The normalized spacial score (nSPS) is 12.8. The van der Waals surface area contributed by atoms with E-state index in [1.165, 1.54) is 6.07 Å². The molecule has 1 N–H and O–H groups in total. The summed E-state index contributed by atoms with van der Waals surface area (Å²) in [4.78, 5) is 0. The highest BCUT2D eigenvalue weighted by molar-refractivity contribution is 5.26. The molecule has 18 heavy (non-hydrogen) atoms. The van der Waals surface area contributed by atoms with Gasteiger partial charge in [0, 0.05) is 5.54 Å². The topological polar surface area (TPSA) is 12.0 Å². The first-order valence-corrected chi connectivity index (χ1v) is 5.70. The zero-order valence-corrected chi connectivity index (χ0v) is 10.7. The maximum absolute atomic E-state index is 13.3. The van der Waals surface area contributed by atoms with Gasteiger partial charge in [0.15, 0.2) is 0 Å². The van der Waals surface area contributed by atoms with Crippen LogP contribution in [0, 0.1) is 5.82 Å². The van der Waals surface area contributed by atoms with Gasteiger partial charge in [0.1, 0.15) is 5.82 Å². The minimum Gasteiger partial charge on any atom is -0.312 e. The summed E-state index contributed by atoms with van der Waals surface area (Å²) in [5, 5.41) is 3.19. The summed E-state index contributed by atoms with van der Waals surface area (Å²) in [5.74, 6) is -1.21. The summed E-state index contributed by atoms with van der Waals surface area (Å²) in [6.07, 6.45) is -4.14. The number of hydrogen-bond acceptors (Lipinski definition) is 1. The summed E-state index contributed by atoms with van der Waals surface area (Å²) in [6, 6.07) is 3.06. The summed E-state index contributed by atoms with van der Waals surface area (Å²) in [5.41, 5.74) is -0.725. The van der Waals surface area contributed by atoms with Crippen molar-refractivity contribution in [2.75, 3.05) is 6.54 Å². The Balaban J connectivity index is 2.68. The van der Waals surface area contributed by atoms with Crippen LogP contribution in [0.3, 0.4) is 0 Å². The van der Waals surface area contributed by atoms with Gasteiger partial charge < -0.3 is 5.32 Å². The van der Waals surface area contributed by atoms with Crippen LogP contribution in [0.15, 0.2) is 18.2 Å². The Morgan fingerprint density at radius 3 is 2.17 bits per heavy atom. The van der Waals surface area contributed by atoms with E-state index in [-0.39, 0.29) is 5.54 Å². The molecule has 0 unspecified atom stereocenters. The van der Waals surface area contributed by atoms with E-state index in [9.17, 15) is 17.6 Å². The number of alkyl halides is 3. The van der Waals surface area contributed by atoms with Crippen LogP contribution in [0.1, 0.15) is 31.9 Å². The molecule has 0 aliphatic heterocycles. The summed E-state index contributed by atoms with van der Waals surface area (Å²) < 4.78 is 50.3. The predicted octanol–water partition coefficient (Wildman–Crippen LogP) is 3.78. The van der Waals surface area contributed by atoms with E-state index in [2.05, 4.69) is 5.32 Å². The Morgan fingerprint density at radius 2 is 1.72 bits per heavy atom. The van der Waals surface area contributed by atoms with Crippen molar-refractivity contribution in [3.05, 3.63) is 35.1 Å². The molecule has 0 heterocycles. The molecule has 0 aliphatic carbocycles. The Kier molecular flexibility index (Phi) is 4.37. The number of hydrogen-bond donors (Lipinski definition) is 1. The van der Waals surface area contributed by atoms with E-state index in [0.29, 0.717) is 18.5 Å². The zero-order chi connectivity index (χ0) is 14.0. The second-order valence-corrected chi connectivity index (χ2v) is 5.24. The van der Waals surface area contributed by atoms with E-state index in [1.807, 2.05) is 20.8 Å². The van der Waals surface area contributed by atoms with E-state index in [0.717, 1.165) is 12.1 Å². The number of nitrogens with one attached hydrogen (secondary N) is 1. The predicted molar refractivity (Wildman–Crippen MR) is 62.9 cm³/mol. The monoisotopic (exact) mass is 263 g/mol. The van der Waals surface area contributed by atoms with Gasteiger partial charge in [-0.1, -0.05) is 6.07 Å². The minimum atomic E-state index is -4.63. The highest BCUT2D eigenvalue weighted by Crippen LogP contribution is 2.31. The van der Waals surface area contributed by atoms with Gasteiger partial charge in [-0.15, -0.1) is 0 Å². The fourth-order valence-corrected chi connectivity index (χ4v) is 1.53. The maximum atomic E-state index is 13.3. The minimum absolute atomic E-state index is 0.0650. The lowest BCUT2D eigenvalue weighted by Gasteiger charge is -2.20. The molecule has 5 heteroatoms. The first-order chi connectivity index (χ1) is 8.09. The molecule has 102 valence electrons. The Labute approximate surface area is 104 Å². The largest absolute Gasteiger partial charge is 0.419 e. The molecular formula is C13H17F4N. The molecule has 0 fully saturated rings. The van der Waals surface area contributed by atoms with Crippen molar-refractivity contribution < 1.29 is 17.6 Å². The van der Waals surface area contributed by atoms with E-state index in [4.69, 9.17) is 0 Å². The summed E-state index contributed by atoms with van der Waals surface area (Å²) in [7, 11) is 0. The highest BCUT2D eigenvalue weighted by atomic mass is 19.4. The SMILES string of the molecule is CC(C)(C)NCCc1ccc(C(F)(F)F)c(F)c1. The quantitative estimate of drug-likeness (QED) is 0.818. The first kappa shape index (κ1) is 15.0. The molecular weight excluding hydrogens is 246 g/mol. The standard InChI is InChI=1S/C13H17F4N/c1-12(2,3)18-7-6-9-4-5-10(11(14)8-9)13(15,16)17/h4-5,8,18H,6-7H2,1-3H3. The van der Waals surface area contributed by atoms with Crippen LogP contribution in [0.4, 0.5) is 17.6 Å². The molecule has 1 aromatic rings. The van der Waals surface area contributed by atoms with E-state index < -0.39 is 17.6 Å². The molecule has 0 bridgehead atoms. The fraction of sp³-hybridized carbons (Fsp3) is 0.538. The van der Waals surface area contributed by atoms with Gasteiger partial charge in [-0.05, 0) is 51.4 Å². The van der Waals surface area contributed by atoms with Gasteiger partial charge in [-0.25, -0.2) is 4.39 Å². The molecule has 0 radical (unpaired) electrons. The Morgan fingerprint density at radius 1 is 1.11 bits per heavy atom. The van der Waals surface area contributed by atoms with Crippen LogP contribution in [0.5, 0.6) is 0 Å². The second-order valence-electron chi connectivity index (χ2n) is 5.24. The van der Waals surface area contributed by atoms with Crippen molar-refractivity contribution in [1.29, 1.82) is 0 Å². The molecule has 1 aromatic carbocycles. The van der Waals surface area contributed by atoms with Gasteiger partial charge in [0.2, 0.25) is 0 Å².